The Morgan fingerprint density at radius 2 is 1.70 bits per heavy atom. The van der Waals surface area contributed by atoms with E-state index in [0.717, 1.165) is 15.4 Å². The smallest absolute Gasteiger partial charge is 0.267 e. The molecule has 1 atom stereocenters. The molecule has 1 amide bonds. The van der Waals surface area contributed by atoms with Crippen LogP contribution in [0.25, 0.3) is 0 Å². The minimum absolute atomic E-state index is 0.123. The number of hydrogen-bond donors (Lipinski definition) is 0. The number of sulfonamides is 1. The molecule has 0 spiro atoms. The summed E-state index contributed by atoms with van der Waals surface area (Å²) >= 11 is 7.17. The maximum absolute atomic E-state index is 12.9. The lowest BCUT2D eigenvalue weighted by atomic mass is 10.2. The van der Waals surface area contributed by atoms with Crippen molar-refractivity contribution in [1.82, 2.24) is 4.31 Å². The molecule has 0 saturated carbocycles. The fourth-order valence-corrected chi connectivity index (χ4v) is 5.54. The molecule has 2 aromatic carbocycles. The highest BCUT2D eigenvalue weighted by molar-refractivity contribution is 8.02. The Labute approximate surface area is 144 Å². The number of carbonyl (C=O) groups is 1. The van der Waals surface area contributed by atoms with Crippen molar-refractivity contribution in [2.45, 2.75) is 17.2 Å². The number of hydrogen-bond acceptors (Lipinski definition) is 4. The third-order valence-corrected chi connectivity index (χ3v) is 6.95. The zero-order chi connectivity index (χ0) is 16.6. The van der Waals surface area contributed by atoms with Crippen molar-refractivity contribution < 1.29 is 13.2 Å². The quantitative estimate of drug-likeness (QED) is 0.831. The topological polar surface area (TPSA) is 54.5 Å². The van der Waals surface area contributed by atoms with Gasteiger partial charge < -0.3 is 0 Å². The number of nitrogens with zero attached hydrogens (tertiary/aromatic N) is 1. The predicted octanol–water partition coefficient (Wildman–Crippen LogP) is 3.61. The molecule has 0 aliphatic carbocycles. The van der Waals surface area contributed by atoms with Gasteiger partial charge in [-0.25, -0.2) is 12.7 Å². The third-order valence-electron chi connectivity index (χ3n) is 3.56. The van der Waals surface area contributed by atoms with Crippen LogP contribution in [0.15, 0.2) is 53.4 Å². The average Bonchev–Trinajstić information content (AvgIpc) is 2.91. The molecule has 0 radical (unpaired) electrons. The van der Waals surface area contributed by atoms with E-state index in [1.807, 2.05) is 6.92 Å². The number of thioether (sulfide) groups is 1. The summed E-state index contributed by atoms with van der Waals surface area (Å²) in [6.07, 6.45) is 0. The van der Waals surface area contributed by atoms with Gasteiger partial charge in [-0.15, -0.1) is 11.8 Å². The fraction of sp³-hybridized carbons (Fsp3) is 0.188. The highest BCUT2D eigenvalue weighted by atomic mass is 35.5. The first kappa shape index (κ1) is 16.4. The first-order chi connectivity index (χ1) is 10.9. The summed E-state index contributed by atoms with van der Waals surface area (Å²) in [5.41, 5.74) is 1.70. The van der Waals surface area contributed by atoms with E-state index in [2.05, 4.69) is 0 Å². The van der Waals surface area contributed by atoms with E-state index >= 15 is 0 Å². The summed E-state index contributed by atoms with van der Waals surface area (Å²) in [4.78, 5) is 12.3. The second-order valence-corrected chi connectivity index (χ2v) is 8.54. The van der Waals surface area contributed by atoms with E-state index in [0.29, 0.717) is 5.02 Å². The van der Waals surface area contributed by atoms with Gasteiger partial charge in [0, 0.05) is 5.02 Å². The first-order valence-corrected chi connectivity index (χ1v) is 9.77. The minimum atomic E-state index is -3.88. The van der Waals surface area contributed by atoms with E-state index in [4.69, 9.17) is 11.6 Å². The van der Waals surface area contributed by atoms with Crippen molar-refractivity contribution in [3.05, 3.63) is 64.7 Å². The van der Waals surface area contributed by atoms with Crippen molar-refractivity contribution in [3.8, 4) is 0 Å². The van der Waals surface area contributed by atoms with Crippen molar-refractivity contribution in [2.75, 3.05) is 5.75 Å². The van der Waals surface area contributed by atoms with Gasteiger partial charge in [-0.3, -0.25) is 4.79 Å². The number of amides is 1. The Morgan fingerprint density at radius 3 is 2.30 bits per heavy atom. The largest absolute Gasteiger partial charge is 0.273 e. The van der Waals surface area contributed by atoms with Crippen LogP contribution in [0.2, 0.25) is 5.02 Å². The standard InChI is InChI=1S/C16H14ClNO3S2/c1-11-2-8-14(9-3-11)23(20,21)18-15(19)10-22-16(18)12-4-6-13(17)7-5-12/h2-9,16H,10H2,1H3. The van der Waals surface area contributed by atoms with Crippen LogP contribution in [0.4, 0.5) is 0 Å². The molecule has 4 nitrogen and oxygen atoms in total. The van der Waals surface area contributed by atoms with Gasteiger partial charge in [-0.2, -0.15) is 0 Å². The second kappa shape index (κ2) is 6.19. The van der Waals surface area contributed by atoms with Crippen LogP contribution in [-0.4, -0.2) is 24.4 Å². The van der Waals surface area contributed by atoms with Crippen molar-refractivity contribution in [1.29, 1.82) is 0 Å². The monoisotopic (exact) mass is 367 g/mol. The zero-order valence-corrected chi connectivity index (χ0v) is 14.7. The first-order valence-electron chi connectivity index (χ1n) is 6.90. The van der Waals surface area contributed by atoms with Gasteiger partial charge in [0.2, 0.25) is 5.91 Å². The summed E-state index contributed by atoms with van der Waals surface area (Å²) in [6, 6.07) is 13.4. The predicted molar refractivity (Wildman–Crippen MR) is 91.9 cm³/mol. The van der Waals surface area contributed by atoms with Crippen LogP contribution in [-0.2, 0) is 14.8 Å². The highest BCUT2D eigenvalue weighted by Crippen LogP contribution is 2.42. The van der Waals surface area contributed by atoms with Crippen molar-refractivity contribution in [3.63, 3.8) is 0 Å². The van der Waals surface area contributed by atoms with Crippen molar-refractivity contribution in [2.24, 2.45) is 0 Å². The molecule has 3 rings (SSSR count). The number of benzene rings is 2. The summed E-state index contributed by atoms with van der Waals surface area (Å²) in [7, 11) is -3.88. The van der Waals surface area contributed by atoms with E-state index in [9.17, 15) is 13.2 Å². The van der Waals surface area contributed by atoms with Crippen LogP contribution in [0.5, 0.6) is 0 Å². The average molecular weight is 368 g/mol. The normalized spacial score (nSPS) is 18.4. The Kier molecular flexibility index (Phi) is 4.40. The molecule has 0 bridgehead atoms. The van der Waals surface area contributed by atoms with Gasteiger partial charge in [-0.05, 0) is 36.8 Å². The molecule has 0 aromatic heterocycles. The molecule has 1 saturated heterocycles. The van der Waals surface area contributed by atoms with Crippen LogP contribution in [0, 0.1) is 6.92 Å². The van der Waals surface area contributed by atoms with Crippen LogP contribution in [0.3, 0.4) is 0 Å². The summed E-state index contributed by atoms with van der Waals surface area (Å²) in [6.45, 7) is 1.88. The minimum Gasteiger partial charge on any atom is -0.273 e. The summed E-state index contributed by atoms with van der Waals surface area (Å²) in [5, 5.41) is 0.00193. The Hall–Kier alpha value is -1.50. The lowest BCUT2D eigenvalue weighted by molar-refractivity contribution is -0.123. The Balaban J connectivity index is 2.02. The Morgan fingerprint density at radius 1 is 1.09 bits per heavy atom. The second-order valence-electron chi connectivity index (χ2n) is 5.22. The molecule has 0 N–H and O–H groups in total. The molecular formula is C16H14ClNO3S2. The molecule has 120 valence electrons. The van der Waals surface area contributed by atoms with E-state index < -0.39 is 21.3 Å². The lowest BCUT2D eigenvalue weighted by Gasteiger charge is -2.24. The highest BCUT2D eigenvalue weighted by Gasteiger charge is 2.41. The number of aryl methyl sites for hydroxylation is 1. The van der Waals surface area contributed by atoms with Gasteiger partial charge in [0.25, 0.3) is 10.0 Å². The van der Waals surface area contributed by atoms with Gasteiger partial charge in [0.1, 0.15) is 5.37 Å². The molecule has 1 aliphatic rings. The lowest BCUT2D eigenvalue weighted by Crippen LogP contribution is -2.34. The molecular weight excluding hydrogens is 354 g/mol. The molecule has 1 heterocycles. The van der Waals surface area contributed by atoms with E-state index in [1.54, 1.807) is 36.4 Å². The summed E-state index contributed by atoms with van der Waals surface area (Å²) < 4.78 is 26.7. The van der Waals surface area contributed by atoms with Gasteiger partial charge in [-0.1, -0.05) is 41.4 Å². The molecule has 1 fully saturated rings. The fourth-order valence-electron chi connectivity index (χ4n) is 2.36. The SMILES string of the molecule is Cc1ccc(S(=O)(=O)N2C(=O)CSC2c2ccc(Cl)cc2)cc1. The van der Waals surface area contributed by atoms with Gasteiger partial charge in [0.15, 0.2) is 0 Å². The van der Waals surface area contributed by atoms with Gasteiger partial charge >= 0.3 is 0 Å². The Bertz CT molecular complexity index is 833. The zero-order valence-electron chi connectivity index (χ0n) is 12.3. The van der Waals surface area contributed by atoms with Crippen LogP contribution < -0.4 is 0 Å². The molecule has 7 heteroatoms. The number of carbonyl (C=O) groups excluding carboxylic acids is 1. The summed E-state index contributed by atoms with van der Waals surface area (Å²) in [5.74, 6) is -0.270. The van der Waals surface area contributed by atoms with Crippen molar-refractivity contribution >= 4 is 39.3 Å². The van der Waals surface area contributed by atoms with Crippen LogP contribution in [0.1, 0.15) is 16.5 Å². The molecule has 1 unspecified atom stereocenters. The molecule has 23 heavy (non-hydrogen) atoms. The maximum Gasteiger partial charge on any atom is 0.267 e. The van der Waals surface area contributed by atoms with Crippen LogP contribution >= 0.6 is 23.4 Å². The molecule has 2 aromatic rings. The molecule has 1 aliphatic heterocycles. The number of halogens is 1. The van der Waals surface area contributed by atoms with Gasteiger partial charge in [0.05, 0.1) is 10.6 Å². The van der Waals surface area contributed by atoms with E-state index in [-0.39, 0.29) is 10.6 Å². The number of rotatable bonds is 3. The third kappa shape index (κ3) is 3.11. The maximum atomic E-state index is 12.9. The van der Waals surface area contributed by atoms with E-state index in [1.165, 1.54) is 23.9 Å².